The Bertz CT molecular complexity index is 865. The number of carbonyl (C=O) groups is 1. The molecule has 1 heterocycles. The Morgan fingerprint density at radius 1 is 0.880 bits per heavy atom. The fourth-order valence-electron chi connectivity index (χ4n) is 2.48. The van der Waals surface area contributed by atoms with Crippen LogP contribution in [0.2, 0.25) is 0 Å². The zero-order valence-electron chi connectivity index (χ0n) is 13.5. The van der Waals surface area contributed by atoms with Gasteiger partial charge in [-0.2, -0.15) is 4.57 Å². The fraction of sp³-hybridized carbons (Fsp3) is 0.100. The molecule has 3 rings (SSSR count). The number of nitrogens with zero attached hydrogens (tertiary/aromatic N) is 1. The molecule has 3 aromatic rings. The summed E-state index contributed by atoms with van der Waals surface area (Å²) in [7, 11) is 0. The van der Waals surface area contributed by atoms with Crippen molar-refractivity contribution >= 4 is 11.6 Å². The Morgan fingerprint density at radius 3 is 2.24 bits per heavy atom. The number of hydrogen-bond acceptors (Lipinski definition) is 1. The second-order valence-corrected chi connectivity index (χ2v) is 5.72. The molecule has 2 aromatic carbocycles. The van der Waals surface area contributed by atoms with E-state index < -0.39 is 11.6 Å². The standard InChI is InChI=1S/C20H16F2N2O/c21-18-7-6-17(13-19(18)22)23-20(25)14-24-10-8-16(9-11-24)12-15-4-2-1-3-5-15/h1-11,13H,12,14H2/p+1. The van der Waals surface area contributed by atoms with E-state index in [4.69, 9.17) is 0 Å². The number of pyridine rings is 1. The van der Waals surface area contributed by atoms with Crippen molar-refractivity contribution in [2.45, 2.75) is 13.0 Å². The number of rotatable bonds is 5. The summed E-state index contributed by atoms with van der Waals surface area (Å²) < 4.78 is 27.8. The molecule has 0 atom stereocenters. The average molecular weight is 339 g/mol. The van der Waals surface area contributed by atoms with E-state index in [1.54, 1.807) is 4.57 Å². The van der Waals surface area contributed by atoms with Gasteiger partial charge in [-0.3, -0.25) is 4.79 Å². The molecule has 3 nitrogen and oxygen atoms in total. The van der Waals surface area contributed by atoms with E-state index in [-0.39, 0.29) is 18.1 Å². The van der Waals surface area contributed by atoms with E-state index in [9.17, 15) is 13.6 Å². The molecule has 0 saturated heterocycles. The van der Waals surface area contributed by atoms with Crippen LogP contribution in [-0.2, 0) is 17.8 Å². The highest BCUT2D eigenvalue weighted by Crippen LogP contribution is 2.13. The molecule has 1 amide bonds. The summed E-state index contributed by atoms with van der Waals surface area (Å²) in [6, 6.07) is 17.3. The van der Waals surface area contributed by atoms with Crippen LogP contribution >= 0.6 is 0 Å². The van der Waals surface area contributed by atoms with Gasteiger partial charge in [0.25, 0.3) is 5.91 Å². The molecule has 1 aromatic heterocycles. The van der Waals surface area contributed by atoms with Crippen LogP contribution in [0.5, 0.6) is 0 Å². The van der Waals surface area contributed by atoms with Gasteiger partial charge in [0.15, 0.2) is 24.0 Å². The van der Waals surface area contributed by atoms with E-state index in [2.05, 4.69) is 17.4 Å². The van der Waals surface area contributed by atoms with Crippen LogP contribution in [-0.4, -0.2) is 5.91 Å². The molecule has 0 radical (unpaired) electrons. The second kappa shape index (κ2) is 7.66. The summed E-state index contributed by atoms with van der Waals surface area (Å²) in [4.78, 5) is 12.0. The molecule has 0 aliphatic carbocycles. The van der Waals surface area contributed by atoms with E-state index in [0.717, 1.165) is 24.1 Å². The predicted molar refractivity (Wildman–Crippen MR) is 90.9 cm³/mol. The van der Waals surface area contributed by atoms with Crippen molar-refractivity contribution in [3.8, 4) is 0 Å². The van der Waals surface area contributed by atoms with Crippen molar-refractivity contribution in [1.29, 1.82) is 0 Å². The molecular weight excluding hydrogens is 322 g/mol. The highest BCUT2D eigenvalue weighted by molar-refractivity contribution is 5.89. The molecule has 1 N–H and O–H groups in total. The van der Waals surface area contributed by atoms with Gasteiger partial charge in [0.2, 0.25) is 6.54 Å². The highest BCUT2D eigenvalue weighted by Gasteiger charge is 2.11. The zero-order chi connectivity index (χ0) is 17.6. The summed E-state index contributed by atoms with van der Waals surface area (Å²) in [6.45, 7) is 0.0879. The summed E-state index contributed by atoms with van der Waals surface area (Å²) >= 11 is 0. The molecule has 0 fully saturated rings. The van der Waals surface area contributed by atoms with Gasteiger partial charge in [-0.1, -0.05) is 30.3 Å². The summed E-state index contributed by atoms with van der Waals surface area (Å²) in [5.74, 6) is -2.25. The van der Waals surface area contributed by atoms with Gasteiger partial charge in [-0.15, -0.1) is 0 Å². The van der Waals surface area contributed by atoms with Crippen molar-refractivity contribution in [3.63, 3.8) is 0 Å². The summed E-state index contributed by atoms with van der Waals surface area (Å²) in [6.07, 6.45) is 4.47. The third-order valence-corrected chi connectivity index (χ3v) is 3.74. The maximum absolute atomic E-state index is 13.1. The monoisotopic (exact) mass is 339 g/mol. The van der Waals surface area contributed by atoms with Crippen molar-refractivity contribution in [2.24, 2.45) is 0 Å². The van der Waals surface area contributed by atoms with Gasteiger partial charge < -0.3 is 5.32 Å². The van der Waals surface area contributed by atoms with Gasteiger partial charge in [-0.25, -0.2) is 8.78 Å². The van der Waals surface area contributed by atoms with Crippen molar-refractivity contribution in [2.75, 3.05) is 5.32 Å². The number of anilines is 1. The number of carbonyl (C=O) groups excluding carboxylic acids is 1. The van der Waals surface area contributed by atoms with Crippen LogP contribution in [0, 0.1) is 11.6 Å². The minimum absolute atomic E-state index is 0.0879. The minimum Gasteiger partial charge on any atom is -0.320 e. The van der Waals surface area contributed by atoms with Crippen molar-refractivity contribution < 1.29 is 18.1 Å². The number of amides is 1. The SMILES string of the molecule is O=C(C[n+]1ccc(Cc2ccccc2)cc1)Nc1ccc(F)c(F)c1. The number of aromatic nitrogens is 1. The molecule has 0 unspecified atom stereocenters. The van der Waals surface area contributed by atoms with E-state index in [1.165, 1.54) is 11.6 Å². The lowest BCUT2D eigenvalue weighted by atomic mass is 10.1. The van der Waals surface area contributed by atoms with Gasteiger partial charge in [0.05, 0.1) is 0 Å². The molecule has 0 spiro atoms. The first kappa shape index (κ1) is 16.8. The quantitative estimate of drug-likeness (QED) is 0.709. The zero-order valence-corrected chi connectivity index (χ0v) is 13.5. The van der Waals surface area contributed by atoms with Crippen LogP contribution < -0.4 is 9.88 Å². The fourth-order valence-corrected chi connectivity index (χ4v) is 2.48. The Hall–Kier alpha value is -3.08. The third-order valence-electron chi connectivity index (χ3n) is 3.74. The Balaban J connectivity index is 1.59. The van der Waals surface area contributed by atoms with Crippen LogP contribution in [0.25, 0.3) is 0 Å². The molecule has 126 valence electrons. The third kappa shape index (κ3) is 4.70. The molecule has 0 aliphatic rings. The summed E-state index contributed by atoms with van der Waals surface area (Å²) in [5, 5.41) is 2.55. The lowest BCUT2D eigenvalue weighted by Gasteiger charge is -2.04. The lowest BCUT2D eigenvalue weighted by molar-refractivity contribution is -0.684. The van der Waals surface area contributed by atoms with E-state index in [0.29, 0.717) is 0 Å². The lowest BCUT2D eigenvalue weighted by Crippen LogP contribution is -2.39. The number of nitrogens with one attached hydrogen (secondary N) is 1. The first-order valence-electron chi connectivity index (χ1n) is 7.87. The maximum atomic E-state index is 13.1. The molecule has 5 heteroatoms. The first-order chi connectivity index (χ1) is 12.1. The normalized spacial score (nSPS) is 10.5. The van der Waals surface area contributed by atoms with Crippen LogP contribution in [0.4, 0.5) is 14.5 Å². The molecular formula is C20H17F2N2O+. The average Bonchev–Trinajstić information content (AvgIpc) is 2.61. The maximum Gasteiger partial charge on any atom is 0.290 e. The van der Waals surface area contributed by atoms with Crippen LogP contribution in [0.1, 0.15) is 11.1 Å². The molecule has 0 aliphatic heterocycles. The molecule has 0 bridgehead atoms. The van der Waals surface area contributed by atoms with Gasteiger partial charge in [0, 0.05) is 23.9 Å². The van der Waals surface area contributed by atoms with Gasteiger partial charge in [-0.05, 0) is 29.7 Å². The van der Waals surface area contributed by atoms with E-state index in [1.807, 2.05) is 42.7 Å². The van der Waals surface area contributed by atoms with Crippen molar-refractivity contribution in [1.82, 2.24) is 0 Å². The topological polar surface area (TPSA) is 33.0 Å². The van der Waals surface area contributed by atoms with Crippen molar-refractivity contribution in [3.05, 3.63) is 95.8 Å². The largest absolute Gasteiger partial charge is 0.320 e. The molecule has 25 heavy (non-hydrogen) atoms. The smallest absolute Gasteiger partial charge is 0.290 e. The number of hydrogen-bond donors (Lipinski definition) is 1. The van der Waals surface area contributed by atoms with Crippen LogP contribution in [0.3, 0.4) is 0 Å². The Labute approximate surface area is 144 Å². The first-order valence-corrected chi connectivity index (χ1v) is 7.87. The number of benzene rings is 2. The van der Waals surface area contributed by atoms with E-state index >= 15 is 0 Å². The number of halogens is 2. The Kier molecular flexibility index (Phi) is 5.14. The summed E-state index contributed by atoms with van der Waals surface area (Å²) in [5.41, 5.74) is 2.59. The van der Waals surface area contributed by atoms with Crippen LogP contribution in [0.15, 0.2) is 73.1 Å². The Morgan fingerprint density at radius 2 is 1.56 bits per heavy atom. The molecule has 0 saturated carbocycles. The minimum atomic E-state index is -0.990. The highest BCUT2D eigenvalue weighted by atomic mass is 19.2. The van der Waals surface area contributed by atoms with Gasteiger partial charge in [0.1, 0.15) is 0 Å². The van der Waals surface area contributed by atoms with Gasteiger partial charge >= 0.3 is 0 Å². The second-order valence-electron chi connectivity index (χ2n) is 5.72. The predicted octanol–water partition coefficient (Wildman–Crippen LogP) is 3.48.